The van der Waals surface area contributed by atoms with Crippen LogP contribution in [0, 0.1) is 0 Å². The minimum absolute atomic E-state index is 0.172. The van der Waals surface area contributed by atoms with Crippen molar-refractivity contribution in [2.45, 2.75) is 17.4 Å². The van der Waals surface area contributed by atoms with Gasteiger partial charge >= 0.3 is 0 Å². The van der Waals surface area contributed by atoms with Gasteiger partial charge in [0, 0.05) is 22.6 Å². The highest BCUT2D eigenvalue weighted by Crippen LogP contribution is 2.31. The molecular weight excluding hydrogens is 306 g/mol. The van der Waals surface area contributed by atoms with Gasteiger partial charge in [-0.3, -0.25) is 4.99 Å². The Bertz CT molecular complexity index is 660. The number of nitrogens with one attached hydrogen (secondary N) is 1. The number of guanidine groups is 1. The molecule has 4 nitrogen and oxygen atoms in total. The van der Waals surface area contributed by atoms with E-state index in [1.165, 1.54) is 4.90 Å². The number of nitrogens with zero attached hydrogens (tertiary/aromatic N) is 1. The highest BCUT2D eigenvalue weighted by atomic mass is 32.2. The zero-order chi connectivity index (χ0) is 15.9. The number of rotatable bonds is 5. The summed E-state index contributed by atoms with van der Waals surface area (Å²) in [5, 5.41) is 3.31. The molecular formula is C18H21N3OS. The lowest BCUT2D eigenvalue weighted by atomic mass is 10.0. The molecule has 0 radical (unpaired) electrons. The predicted molar refractivity (Wildman–Crippen MR) is 96.1 cm³/mol. The van der Waals surface area contributed by atoms with Gasteiger partial charge < -0.3 is 15.8 Å². The Kier molecular flexibility index (Phi) is 5.42. The summed E-state index contributed by atoms with van der Waals surface area (Å²) < 4.78 is 5.66. The van der Waals surface area contributed by atoms with Gasteiger partial charge in [0.25, 0.3) is 0 Å². The van der Waals surface area contributed by atoms with Gasteiger partial charge in [-0.05, 0) is 18.2 Å². The minimum atomic E-state index is 0.172. The normalized spacial score (nSPS) is 17.2. The molecule has 3 rings (SSSR count). The van der Waals surface area contributed by atoms with Crippen LogP contribution in [0.5, 0.6) is 5.75 Å². The standard InChI is InChI=1S/C18H21N3OS/c19-18(20-11-13-23-14-6-2-1-3-7-14)21-16-10-12-22-17-9-5-4-8-15(16)17/h1-9,16H,10-13H2,(H3,19,20,21). The highest BCUT2D eigenvalue weighted by Gasteiger charge is 2.20. The van der Waals surface area contributed by atoms with E-state index in [2.05, 4.69) is 28.5 Å². The average molecular weight is 327 g/mol. The molecule has 0 saturated carbocycles. The number of para-hydroxylation sites is 1. The van der Waals surface area contributed by atoms with Crippen molar-refractivity contribution < 1.29 is 4.74 Å². The van der Waals surface area contributed by atoms with Crippen molar-refractivity contribution in [3.63, 3.8) is 0 Å². The first-order valence-corrected chi connectivity index (χ1v) is 8.77. The van der Waals surface area contributed by atoms with E-state index in [4.69, 9.17) is 10.5 Å². The fraction of sp³-hybridized carbons (Fsp3) is 0.278. The van der Waals surface area contributed by atoms with Crippen molar-refractivity contribution in [1.82, 2.24) is 5.32 Å². The van der Waals surface area contributed by atoms with Gasteiger partial charge in [0.1, 0.15) is 5.75 Å². The number of aliphatic imine (C=N–C) groups is 1. The lowest BCUT2D eigenvalue weighted by Crippen LogP contribution is -2.37. The molecule has 0 aliphatic carbocycles. The first-order valence-electron chi connectivity index (χ1n) is 7.79. The largest absolute Gasteiger partial charge is 0.493 e. The maximum absolute atomic E-state index is 6.03. The molecule has 1 unspecified atom stereocenters. The van der Waals surface area contributed by atoms with Gasteiger partial charge in [-0.25, -0.2) is 0 Å². The van der Waals surface area contributed by atoms with E-state index in [1.807, 2.05) is 36.4 Å². The van der Waals surface area contributed by atoms with Crippen molar-refractivity contribution in [1.29, 1.82) is 0 Å². The fourth-order valence-corrected chi connectivity index (χ4v) is 3.33. The number of nitrogens with two attached hydrogens (primary N) is 1. The van der Waals surface area contributed by atoms with Crippen LogP contribution in [-0.4, -0.2) is 24.9 Å². The third-order valence-corrected chi connectivity index (χ3v) is 4.66. The van der Waals surface area contributed by atoms with Crippen molar-refractivity contribution in [3.05, 3.63) is 60.2 Å². The molecule has 3 N–H and O–H groups in total. The second-order valence-electron chi connectivity index (χ2n) is 5.30. The first kappa shape index (κ1) is 15.7. The second kappa shape index (κ2) is 7.92. The molecule has 1 aliphatic heterocycles. The number of hydrogen-bond donors (Lipinski definition) is 2. The molecule has 1 aliphatic rings. The maximum Gasteiger partial charge on any atom is 0.189 e. The van der Waals surface area contributed by atoms with Crippen molar-refractivity contribution >= 4 is 17.7 Å². The molecule has 0 saturated heterocycles. The molecule has 120 valence electrons. The smallest absolute Gasteiger partial charge is 0.189 e. The Balaban J connectivity index is 1.50. The summed E-state index contributed by atoms with van der Waals surface area (Å²) in [6.45, 7) is 1.40. The van der Waals surface area contributed by atoms with Crippen LogP contribution in [0.2, 0.25) is 0 Å². The Morgan fingerprint density at radius 3 is 2.83 bits per heavy atom. The van der Waals surface area contributed by atoms with Gasteiger partial charge in [-0.15, -0.1) is 11.8 Å². The summed E-state index contributed by atoms with van der Waals surface area (Å²) in [6.07, 6.45) is 0.895. The van der Waals surface area contributed by atoms with Crippen molar-refractivity contribution in [2.75, 3.05) is 18.9 Å². The van der Waals surface area contributed by atoms with Crippen LogP contribution in [0.1, 0.15) is 18.0 Å². The lowest BCUT2D eigenvalue weighted by molar-refractivity contribution is 0.262. The lowest BCUT2D eigenvalue weighted by Gasteiger charge is -2.26. The summed E-state index contributed by atoms with van der Waals surface area (Å²) >= 11 is 1.79. The molecule has 23 heavy (non-hydrogen) atoms. The third-order valence-electron chi connectivity index (χ3n) is 3.67. The van der Waals surface area contributed by atoms with Crippen LogP contribution < -0.4 is 15.8 Å². The molecule has 1 heterocycles. The zero-order valence-electron chi connectivity index (χ0n) is 12.9. The fourth-order valence-electron chi connectivity index (χ4n) is 2.56. The Morgan fingerprint density at radius 1 is 1.17 bits per heavy atom. The van der Waals surface area contributed by atoms with Crippen LogP contribution >= 0.6 is 11.8 Å². The Hall–Kier alpha value is -2.14. The quantitative estimate of drug-likeness (QED) is 0.383. The predicted octanol–water partition coefficient (Wildman–Crippen LogP) is 3.21. The second-order valence-corrected chi connectivity index (χ2v) is 6.47. The van der Waals surface area contributed by atoms with Crippen LogP contribution in [-0.2, 0) is 0 Å². The topological polar surface area (TPSA) is 59.6 Å². The first-order chi connectivity index (χ1) is 11.3. The van der Waals surface area contributed by atoms with Crippen LogP contribution in [0.4, 0.5) is 0 Å². The molecule has 0 amide bonds. The summed E-state index contributed by atoms with van der Waals surface area (Å²) in [4.78, 5) is 5.68. The zero-order valence-corrected chi connectivity index (χ0v) is 13.8. The third kappa shape index (κ3) is 4.42. The average Bonchev–Trinajstić information content (AvgIpc) is 2.60. The molecule has 5 heteroatoms. The van der Waals surface area contributed by atoms with Crippen LogP contribution in [0.15, 0.2) is 64.5 Å². The number of fused-ring (bicyclic) bond motifs is 1. The number of ether oxygens (including phenoxy) is 1. The molecule has 0 spiro atoms. The van der Waals surface area contributed by atoms with E-state index < -0.39 is 0 Å². The molecule has 0 bridgehead atoms. The molecule has 1 atom stereocenters. The monoisotopic (exact) mass is 327 g/mol. The molecule has 2 aromatic rings. The van der Waals surface area contributed by atoms with E-state index >= 15 is 0 Å². The van der Waals surface area contributed by atoms with Crippen LogP contribution in [0.25, 0.3) is 0 Å². The van der Waals surface area contributed by atoms with Crippen molar-refractivity contribution in [3.8, 4) is 5.75 Å². The van der Waals surface area contributed by atoms with E-state index in [0.717, 1.165) is 23.5 Å². The van der Waals surface area contributed by atoms with Crippen LogP contribution in [0.3, 0.4) is 0 Å². The van der Waals surface area contributed by atoms with E-state index in [0.29, 0.717) is 19.1 Å². The molecule has 2 aromatic carbocycles. The Morgan fingerprint density at radius 2 is 1.96 bits per heavy atom. The maximum atomic E-state index is 6.03. The summed E-state index contributed by atoms with van der Waals surface area (Å²) in [5.74, 6) is 2.35. The molecule has 0 fully saturated rings. The number of benzene rings is 2. The van der Waals surface area contributed by atoms with Gasteiger partial charge in [0.05, 0.1) is 19.2 Å². The summed E-state index contributed by atoms with van der Waals surface area (Å²) in [6, 6.07) is 18.6. The van der Waals surface area contributed by atoms with Gasteiger partial charge in [0.15, 0.2) is 5.96 Å². The summed E-state index contributed by atoms with van der Waals surface area (Å²) in [5.41, 5.74) is 7.18. The number of hydrogen-bond acceptors (Lipinski definition) is 3. The van der Waals surface area contributed by atoms with Gasteiger partial charge in [-0.1, -0.05) is 36.4 Å². The SMILES string of the molecule is NC(=NCCSc1ccccc1)NC1CCOc2ccccc21. The van der Waals surface area contributed by atoms with Gasteiger partial charge in [-0.2, -0.15) is 0 Å². The van der Waals surface area contributed by atoms with E-state index in [1.54, 1.807) is 11.8 Å². The number of thioether (sulfide) groups is 1. The van der Waals surface area contributed by atoms with E-state index in [9.17, 15) is 0 Å². The van der Waals surface area contributed by atoms with Gasteiger partial charge in [0.2, 0.25) is 0 Å². The minimum Gasteiger partial charge on any atom is -0.493 e. The highest BCUT2D eigenvalue weighted by molar-refractivity contribution is 7.99. The van der Waals surface area contributed by atoms with E-state index in [-0.39, 0.29) is 6.04 Å². The summed E-state index contributed by atoms with van der Waals surface area (Å²) in [7, 11) is 0. The molecule has 0 aromatic heterocycles. The Labute approximate surface area is 141 Å². The van der Waals surface area contributed by atoms with Crippen molar-refractivity contribution in [2.24, 2.45) is 10.7 Å².